The molecule has 1 aliphatic carbocycles. The maximum atomic E-state index is 13.3. The maximum Gasteiger partial charge on any atom is 0.233 e. The highest BCUT2D eigenvalue weighted by Gasteiger charge is 2.47. The van der Waals surface area contributed by atoms with Crippen LogP contribution in [0.5, 0.6) is 0 Å². The first-order valence-corrected chi connectivity index (χ1v) is 8.34. The van der Waals surface area contributed by atoms with Crippen molar-refractivity contribution in [1.82, 2.24) is 4.90 Å². The van der Waals surface area contributed by atoms with E-state index < -0.39 is 5.41 Å². The largest absolute Gasteiger partial charge is 0.339 e. The molecule has 128 valence electrons. The zero-order valence-corrected chi connectivity index (χ0v) is 14.4. The number of nitrogens with zero attached hydrogens (tertiary/aromatic N) is 1. The average molecular weight is 341 g/mol. The molecule has 1 aromatic carbocycles. The molecule has 1 aromatic rings. The van der Waals surface area contributed by atoms with E-state index in [0.29, 0.717) is 12.5 Å². The summed E-state index contributed by atoms with van der Waals surface area (Å²) in [6.45, 7) is 3.51. The van der Waals surface area contributed by atoms with Gasteiger partial charge in [-0.2, -0.15) is 0 Å². The summed E-state index contributed by atoms with van der Waals surface area (Å²) in [6, 6.07) is 6.77. The second-order valence-corrected chi connectivity index (χ2v) is 6.94. The van der Waals surface area contributed by atoms with E-state index >= 15 is 0 Å². The summed E-state index contributed by atoms with van der Waals surface area (Å²) in [5, 5.41) is 0. The van der Waals surface area contributed by atoms with Crippen molar-refractivity contribution in [2.24, 2.45) is 11.7 Å². The normalized spacial score (nSPS) is 26.1. The highest BCUT2D eigenvalue weighted by molar-refractivity contribution is 5.89. The Labute approximate surface area is 143 Å². The molecule has 5 heteroatoms. The molecule has 1 amide bonds. The summed E-state index contributed by atoms with van der Waals surface area (Å²) in [5.41, 5.74) is 6.31. The Morgan fingerprint density at radius 2 is 1.91 bits per heavy atom. The number of benzene rings is 1. The Morgan fingerprint density at radius 3 is 2.43 bits per heavy atom. The van der Waals surface area contributed by atoms with Crippen LogP contribution < -0.4 is 5.73 Å². The molecule has 2 aliphatic rings. The van der Waals surface area contributed by atoms with Crippen LogP contribution >= 0.6 is 12.4 Å². The average Bonchev–Trinajstić information content (AvgIpc) is 3.15. The Hall–Kier alpha value is -1.13. The van der Waals surface area contributed by atoms with Gasteiger partial charge in [0.2, 0.25) is 5.91 Å². The van der Waals surface area contributed by atoms with E-state index in [1.165, 1.54) is 12.1 Å². The van der Waals surface area contributed by atoms with Crippen LogP contribution in [0, 0.1) is 11.7 Å². The summed E-state index contributed by atoms with van der Waals surface area (Å²) in [7, 11) is 0. The molecule has 1 saturated carbocycles. The molecule has 23 heavy (non-hydrogen) atoms. The number of halogens is 2. The topological polar surface area (TPSA) is 46.3 Å². The van der Waals surface area contributed by atoms with E-state index in [1.807, 2.05) is 4.90 Å². The summed E-state index contributed by atoms with van der Waals surface area (Å²) in [5.74, 6) is 0.382. The highest BCUT2D eigenvalue weighted by Crippen LogP contribution is 2.44. The summed E-state index contributed by atoms with van der Waals surface area (Å²) < 4.78 is 13.3. The quantitative estimate of drug-likeness (QED) is 0.918. The van der Waals surface area contributed by atoms with Crippen LogP contribution in [0.1, 0.15) is 44.6 Å². The van der Waals surface area contributed by atoms with Gasteiger partial charge in [0.15, 0.2) is 0 Å². The van der Waals surface area contributed by atoms with Crippen LogP contribution in [0.4, 0.5) is 4.39 Å². The molecule has 2 atom stereocenters. The first-order chi connectivity index (χ1) is 10.6. The molecule has 0 aromatic heterocycles. The second-order valence-electron chi connectivity index (χ2n) is 6.94. The van der Waals surface area contributed by atoms with Crippen molar-refractivity contribution in [2.75, 3.05) is 13.1 Å². The van der Waals surface area contributed by atoms with Gasteiger partial charge in [-0.25, -0.2) is 4.39 Å². The van der Waals surface area contributed by atoms with Crippen molar-refractivity contribution >= 4 is 18.3 Å². The minimum atomic E-state index is -0.453. The lowest BCUT2D eigenvalue weighted by Gasteiger charge is -2.35. The van der Waals surface area contributed by atoms with Crippen molar-refractivity contribution in [3.05, 3.63) is 35.6 Å². The molecular formula is C18H26ClFN2O. The number of carbonyl (C=O) groups excluding carboxylic acids is 1. The van der Waals surface area contributed by atoms with E-state index in [4.69, 9.17) is 5.73 Å². The van der Waals surface area contributed by atoms with Crippen LogP contribution in [0.2, 0.25) is 0 Å². The Balaban J connectivity index is 0.00000192. The maximum absolute atomic E-state index is 13.3. The van der Waals surface area contributed by atoms with Gasteiger partial charge in [-0.1, -0.05) is 25.0 Å². The Kier molecular flexibility index (Phi) is 5.69. The summed E-state index contributed by atoms with van der Waals surface area (Å²) in [6.07, 6.45) is 4.85. The highest BCUT2D eigenvalue weighted by atomic mass is 35.5. The number of likely N-dealkylation sites (tertiary alicyclic amines) is 1. The molecule has 2 N–H and O–H groups in total. The van der Waals surface area contributed by atoms with Gasteiger partial charge in [0, 0.05) is 12.6 Å². The molecule has 2 fully saturated rings. The Bertz CT molecular complexity index is 542. The molecule has 0 radical (unpaired) electrons. The van der Waals surface area contributed by atoms with Crippen molar-refractivity contribution < 1.29 is 9.18 Å². The lowest BCUT2D eigenvalue weighted by atomic mass is 9.77. The van der Waals surface area contributed by atoms with Gasteiger partial charge in [0.25, 0.3) is 0 Å². The van der Waals surface area contributed by atoms with Crippen molar-refractivity contribution in [2.45, 2.75) is 50.5 Å². The number of hydrogen-bond acceptors (Lipinski definition) is 2. The Morgan fingerprint density at radius 1 is 1.30 bits per heavy atom. The third kappa shape index (κ3) is 3.24. The van der Waals surface area contributed by atoms with Gasteiger partial charge in [0.1, 0.15) is 5.82 Å². The summed E-state index contributed by atoms with van der Waals surface area (Å²) >= 11 is 0. The molecule has 3 nitrogen and oxygen atoms in total. The monoisotopic (exact) mass is 340 g/mol. The predicted octanol–water partition coefficient (Wildman–Crippen LogP) is 3.26. The molecular weight excluding hydrogens is 315 g/mol. The number of amides is 1. The van der Waals surface area contributed by atoms with E-state index in [2.05, 4.69) is 6.92 Å². The SMILES string of the molecule is CC1CC(CN)CN1C(=O)C1(c2ccc(F)cc2)CCCC1.Cl. The second kappa shape index (κ2) is 7.18. The van der Waals surface area contributed by atoms with Crippen molar-refractivity contribution in [1.29, 1.82) is 0 Å². The molecule has 1 aliphatic heterocycles. The van der Waals surface area contributed by atoms with Crippen LogP contribution in [0.3, 0.4) is 0 Å². The van der Waals surface area contributed by atoms with E-state index in [1.54, 1.807) is 12.1 Å². The zero-order chi connectivity index (χ0) is 15.7. The minimum absolute atomic E-state index is 0. The van der Waals surface area contributed by atoms with Crippen LogP contribution in [0.15, 0.2) is 24.3 Å². The van der Waals surface area contributed by atoms with Gasteiger partial charge in [-0.05, 0) is 56.3 Å². The van der Waals surface area contributed by atoms with Gasteiger partial charge in [-0.3, -0.25) is 4.79 Å². The number of nitrogens with two attached hydrogens (primary N) is 1. The van der Waals surface area contributed by atoms with E-state index in [-0.39, 0.29) is 30.2 Å². The fourth-order valence-electron chi connectivity index (χ4n) is 4.24. The van der Waals surface area contributed by atoms with E-state index in [0.717, 1.165) is 44.2 Å². The van der Waals surface area contributed by atoms with Crippen molar-refractivity contribution in [3.63, 3.8) is 0 Å². The van der Waals surface area contributed by atoms with Crippen molar-refractivity contribution in [3.8, 4) is 0 Å². The molecule has 0 spiro atoms. The fraction of sp³-hybridized carbons (Fsp3) is 0.611. The van der Waals surface area contributed by atoms with Crippen LogP contribution in [0.25, 0.3) is 0 Å². The first-order valence-electron chi connectivity index (χ1n) is 8.34. The molecule has 3 rings (SSSR count). The number of hydrogen-bond donors (Lipinski definition) is 1. The van der Waals surface area contributed by atoms with Gasteiger partial charge in [0.05, 0.1) is 5.41 Å². The molecule has 1 saturated heterocycles. The third-order valence-corrected chi connectivity index (χ3v) is 5.52. The summed E-state index contributed by atoms with van der Waals surface area (Å²) in [4.78, 5) is 15.3. The van der Waals surface area contributed by atoms with Crippen LogP contribution in [-0.4, -0.2) is 29.9 Å². The smallest absolute Gasteiger partial charge is 0.233 e. The molecule has 0 bridgehead atoms. The first kappa shape index (κ1) is 18.2. The molecule has 1 heterocycles. The van der Waals surface area contributed by atoms with Gasteiger partial charge in [-0.15, -0.1) is 12.4 Å². The lowest BCUT2D eigenvalue weighted by molar-refractivity contribution is -0.138. The minimum Gasteiger partial charge on any atom is -0.339 e. The van der Waals surface area contributed by atoms with Gasteiger partial charge >= 0.3 is 0 Å². The molecule has 2 unspecified atom stereocenters. The zero-order valence-electron chi connectivity index (χ0n) is 13.6. The lowest BCUT2D eigenvalue weighted by Crippen LogP contribution is -2.47. The fourth-order valence-corrected chi connectivity index (χ4v) is 4.24. The number of carbonyl (C=O) groups is 1. The van der Waals surface area contributed by atoms with Crippen LogP contribution in [-0.2, 0) is 10.2 Å². The number of rotatable bonds is 3. The van der Waals surface area contributed by atoms with E-state index in [9.17, 15) is 9.18 Å². The van der Waals surface area contributed by atoms with Gasteiger partial charge < -0.3 is 10.6 Å². The predicted molar refractivity (Wildman–Crippen MR) is 92.1 cm³/mol. The third-order valence-electron chi connectivity index (χ3n) is 5.52. The standard InChI is InChI=1S/C18H25FN2O.ClH/c1-13-10-14(11-20)12-21(13)17(22)18(8-2-3-9-18)15-4-6-16(19)7-5-15;/h4-7,13-14H,2-3,8-12,20H2,1H3;1H.